The van der Waals surface area contributed by atoms with Crippen molar-refractivity contribution in [3.63, 3.8) is 0 Å². The Morgan fingerprint density at radius 1 is 0.913 bits per heavy atom. The molecule has 0 radical (unpaired) electrons. The molecule has 3 heteroatoms. The number of nitrogens with zero attached hydrogens (tertiary/aromatic N) is 2. The fraction of sp³-hybridized carbons (Fsp3) is 0.350. The number of hydrogen-bond donors (Lipinski definition) is 0. The molecule has 0 unspecified atom stereocenters. The van der Waals surface area contributed by atoms with Crippen molar-refractivity contribution in [2.24, 2.45) is 0 Å². The van der Waals surface area contributed by atoms with Gasteiger partial charge in [-0.15, -0.1) is 0 Å². The van der Waals surface area contributed by atoms with Crippen molar-refractivity contribution in [1.29, 1.82) is 0 Å². The van der Waals surface area contributed by atoms with Gasteiger partial charge in [-0.3, -0.25) is 4.90 Å². The first kappa shape index (κ1) is 17.2. The standard InChI is InChI=1S/C20H27N2O/c1-4-21(5-2)16-17-22-14-12-19(13-15-22)7-6-18-8-10-20(23-3)11-9-18/h6-15H,4-5,16-17H2,1-3H3/q+1. The van der Waals surface area contributed by atoms with Gasteiger partial charge in [0, 0.05) is 12.1 Å². The average molecular weight is 311 g/mol. The fourth-order valence-corrected chi connectivity index (χ4v) is 2.43. The molecule has 0 atom stereocenters. The number of methoxy groups -OCH3 is 1. The van der Waals surface area contributed by atoms with Crippen molar-refractivity contribution in [3.05, 3.63) is 59.9 Å². The van der Waals surface area contributed by atoms with E-state index >= 15 is 0 Å². The third-order valence-corrected chi connectivity index (χ3v) is 4.07. The van der Waals surface area contributed by atoms with Crippen LogP contribution in [0.5, 0.6) is 5.75 Å². The summed E-state index contributed by atoms with van der Waals surface area (Å²) in [5, 5.41) is 0. The minimum Gasteiger partial charge on any atom is -0.497 e. The summed E-state index contributed by atoms with van der Waals surface area (Å²) in [6, 6.07) is 12.4. The summed E-state index contributed by atoms with van der Waals surface area (Å²) < 4.78 is 7.41. The van der Waals surface area contributed by atoms with Gasteiger partial charge in [-0.05, 0) is 36.3 Å². The monoisotopic (exact) mass is 311 g/mol. The average Bonchev–Trinajstić information content (AvgIpc) is 2.62. The highest BCUT2D eigenvalue weighted by molar-refractivity contribution is 5.69. The van der Waals surface area contributed by atoms with Crippen molar-refractivity contribution in [2.75, 3.05) is 26.7 Å². The first-order chi connectivity index (χ1) is 11.2. The Kier molecular flexibility index (Phi) is 6.82. The highest BCUT2D eigenvalue weighted by Crippen LogP contribution is 2.13. The Morgan fingerprint density at radius 2 is 1.48 bits per heavy atom. The SMILES string of the molecule is CCN(CC)CC[n+]1ccc(C=Cc2ccc(OC)cc2)cc1. The molecule has 1 aromatic heterocycles. The van der Waals surface area contributed by atoms with Gasteiger partial charge in [0.15, 0.2) is 18.9 Å². The maximum Gasteiger partial charge on any atom is 0.169 e. The van der Waals surface area contributed by atoms with Crippen molar-refractivity contribution < 1.29 is 9.30 Å². The second-order valence-electron chi connectivity index (χ2n) is 5.50. The predicted octanol–water partition coefficient (Wildman–Crippen LogP) is 3.49. The lowest BCUT2D eigenvalue weighted by atomic mass is 10.1. The third kappa shape index (κ3) is 5.53. The third-order valence-electron chi connectivity index (χ3n) is 4.07. The van der Waals surface area contributed by atoms with Crippen LogP contribution >= 0.6 is 0 Å². The van der Waals surface area contributed by atoms with Crippen LogP contribution in [-0.4, -0.2) is 31.6 Å². The van der Waals surface area contributed by atoms with Gasteiger partial charge >= 0.3 is 0 Å². The summed E-state index contributed by atoms with van der Waals surface area (Å²) in [5.74, 6) is 0.885. The molecule has 0 spiro atoms. The number of ether oxygens (including phenoxy) is 1. The van der Waals surface area contributed by atoms with Gasteiger partial charge < -0.3 is 4.74 Å². The zero-order valence-corrected chi connectivity index (χ0v) is 14.4. The summed E-state index contributed by atoms with van der Waals surface area (Å²) in [7, 11) is 1.68. The molecule has 0 N–H and O–H groups in total. The Labute approximate surface area is 139 Å². The summed E-state index contributed by atoms with van der Waals surface area (Å²) in [5.41, 5.74) is 2.38. The molecule has 0 bridgehead atoms. The number of benzene rings is 1. The molecule has 23 heavy (non-hydrogen) atoms. The van der Waals surface area contributed by atoms with Crippen LogP contribution in [-0.2, 0) is 6.54 Å². The second-order valence-corrected chi connectivity index (χ2v) is 5.50. The highest BCUT2D eigenvalue weighted by Gasteiger charge is 2.04. The van der Waals surface area contributed by atoms with Crippen molar-refractivity contribution in [2.45, 2.75) is 20.4 Å². The summed E-state index contributed by atoms with van der Waals surface area (Å²) >= 11 is 0. The lowest BCUT2D eigenvalue weighted by Gasteiger charge is -2.15. The van der Waals surface area contributed by atoms with Gasteiger partial charge in [-0.1, -0.05) is 38.1 Å². The molecule has 0 saturated heterocycles. The molecule has 1 heterocycles. The van der Waals surface area contributed by atoms with E-state index in [0.717, 1.165) is 31.9 Å². The van der Waals surface area contributed by atoms with Gasteiger partial charge in [-0.2, -0.15) is 0 Å². The van der Waals surface area contributed by atoms with Crippen molar-refractivity contribution in [3.8, 4) is 5.75 Å². The van der Waals surface area contributed by atoms with Gasteiger partial charge in [0.1, 0.15) is 5.75 Å². The molecular formula is C20H27N2O+. The fourth-order valence-electron chi connectivity index (χ4n) is 2.43. The van der Waals surface area contributed by atoms with E-state index < -0.39 is 0 Å². The van der Waals surface area contributed by atoms with E-state index in [4.69, 9.17) is 4.74 Å². The smallest absolute Gasteiger partial charge is 0.169 e. The highest BCUT2D eigenvalue weighted by atomic mass is 16.5. The number of aromatic nitrogens is 1. The largest absolute Gasteiger partial charge is 0.497 e. The Hall–Kier alpha value is -2.13. The van der Waals surface area contributed by atoms with E-state index in [1.807, 2.05) is 12.1 Å². The van der Waals surface area contributed by atoms with Crippen LogP contribution in [0.2, 0.25) is 0 Å². The summed E-state index contributed by atoms with van der Waals surface area (Å²) in [4.78, 5) is 2.44. The van der Waals surface area contributed by atoms with Gasteiger partial charge in [-0.25, -0.2) is 4.57 Å². The maximum absolute atomic E-state index is 5.17. The number of pyridine rings is 1. The van der Waals surface area contributed by atoms with Crippen molar-refractivity contribution in [1.82, 2.24) is 4.90 Å². The van der Waals surface area contributed by atoms with Crippen molar-refractivity contribution >= 4 is 12.2 Å². The lowest BCUT2D eigenvalue weighted by Crippen LogP contribution is -2.40. The quantitative estimate of drug-likeness (QED) is 0.694. The molecule has 2 aromatic rings. The van der Waals surface area contributed by atoms with E-state index in [1.165, 1.54) is 11.1 Å². The van der Waals surface area contributed by atoms with Gasteiger partial charge in [0.25, 0.3) is 0 Å². The Balaban J connectivity index is 1.92. The molecule has 3 nitrogen and oxygen atoms in total. The maximum atomic E-state index is 5.17. The van der Waals surface area contributed by atoms with E-state index in [9.17, 15) is 0 Å². The molecule has 0 fully saturated rings. The molecule has 0 aliphatic carbocycles. The minimum atomic E-state index is 0.885. The van der Waals surface area contributed by atoms with Crippen LogP contribution in [0, 0.1) is 0 Å². The van der Waals surface area contributed by atoms with Crippen LogP contribution in [0.25, 0.3) is 12.2 Å². The first-order valence-electron chi connectivity index (χ1n) is 8.28. The molecule has 0 amide bonds. The molecule has 0 aliphatic rings. The van der Waals surface area contributed by atoms with Crippen LogP contribution in [0.4, 0.5) is 0 Å². The lowest BCUT2D eigenvalue weighted by molar-refractivity contribution is -0.696. The van der Waals surface area contributed by atoms with Crippen LogP contribution < -0.4 is 9.30 Å². The molecule has 0 aliphatic heterocycles. The normalized spacial score (nSPS) is 11.3. The van der Waals surface area contributed by atoms with Crippen LogP contribution in [0.1, 0.15) is 25.0 Å². The van der Waals surface area contributed by atoms with E-state index in [0.29, 0.717) is 0 Å². The Morgan fingerprint density at radius 3 is 2.00 bits per heavy atom. The number of likely N-dealkylation sites (N-methyl/N-ethyl adjacent to an activating group) is 1. The zero-order valence-electron chi connectivity index (χ0n) is 14.4. The first-order valence-corrected chi connectivity index (χ1v) is 8.28. The molecular weight excluding hydrogens is 284 g/mol. The topological polar surface area (TPSA) is 16.4 Å². The zero-order chi connectivity index (χ0) is 16.5. The molecule has 0 saturated carbocycles. The molecule has 1 aromatic carbocycles. The summed E-state index contributed by atoms with van der Waals surface area (Å²) in [6.45, 7) is 8.77. The number of hydrogen-bond acceptors (Lipinski definition) is 2. The molecule has 2 rings (SSSR count). The van der Waals surface area contributed by atoms with Crippen LogP contribution in [0.15, 0.2) is 48.8 Å². The van der Waals surface area contributed by atoms with Crippen LogP contribution in [0.3, 0.4) is 0 Å². The van der Waals surface area contributed by atoms with Gasteiger partial charge in [0.05, 0.1) is 13.7 Å². The van der Waals surface area contributed by atoms with E-state index in [1.54, 1.807) is 7.11 Å². The Bertz CT molecular complexity index is 599. The molecule has 122 valence electrons. The van der Waals surface area contributed by atoms with Gasteiger partial charge in [0.2, 0.25) is 0 Å². The number of rotatable bonds is 8. The second kappa shape index (κ2) is 9.11. The van der Waals surface area contributed by atoms with E-state index in [2.05, 4.69) is 72.1 Å². The summed E-state index contributed by atoms with van der Waals surface area (Å²) in [6.07, 6.45) is 8.56. The predicted molar refractivity (Wildman–Crippen MR) is 96.3 cm³/mol. The van der Waals surface area contributed by atoms with E-state index in [-0.39, 0.29) is 0 Å². The minimum absolute atomic E-state index is 0.885.